The number of fused-ring (bicyclic) bond motifs is 2. The van der Waals surface area contributed by atoms with E-state index in [-0.39, 0.29) is 16.9 Å². The number of rotatable bonds is 3. The van der Waals surface area contributed by atoms with Crippen LogP contribution in [-0.4, -0.2) is 20.8 Å². The first-order valence-electron chi connectivity index (χ1n) is 7.28. The van der Waals surface area contributed by atoms with Gasteiger partial charge in [0.1, 0.15) is 5.58 Å². The van der Waals surface area contributed by atoms with Gasteiger partial charge in [-0.2, -0.15) is 5.10 Å². The molecule has 3 heterocycles. The topological polar surface area (TPSA) is 80.3 Å². The predicted molar refractivity (Wildman–Crippen MR) is 95.7 cm³/mol. The summed E-state index contributed by atoms with van der Waals surface area (Å²) in [7, 11) is 1.76. The fourth-order valence-corrected chi connectivity index (χ4v) is 3.00. The smallest absolute Gasteiger partial charge is 0.260 e. The first kappa shape index (κ1) is 15.8. The summed E-state index contributed by atoms with van der Waals surface area (Å²) in [6.07, 6.45) is 1.74. The van der Waals surface area contributed by atoms with Gasteiger partial charge in [0, 0.05) is 25.0 Å². The highest BCUT2D eigenvalue weighted by Gasteiger charge is 2.28. The molecule has 0 fully saturated rings. The Morgan fingerprint density at radius 1 is 1.24 bits per heavy atom. The average Bonchev–Trinajstić information content (AvgIpc) is 3.24. The Kier molecular flexibility index (Phi) is 3.59. The molecule has 8 heteroatoms. The van der Waals surface area contributed by atoms with Gasteiger partial charge in [-0.15, -0.1) is 0 Å². The van der Waals surface area contributed by atoms with E-state index in [0.29, 0.717) is 32.6 Å². The maximum Gasteiger partial charge on any atom is 0.260 e. The van der Waals surface area contributed by atoms with Crippen LogP contribution >= 0.6 is 23.2 Å². The number of carbonyl (C=O) groups excluding carboxylic acids is 1. The van der Waals surface area contributed by atoms with Gasteiger partial charge in [-0.1, -0.05) is 23.2 Å². The number of aryl methyl sites for hydroxylation is 1. The number of anilines is 1. The third-order valence-corrected chi connectivity index (χ3v) is 4.55. The van der Waals surface area contributed by atoms with E-state index in [4.69, 9.17) is 27.6 Å². The monoisotopic (exact) mass is 375 g/mol. The van der Waals surface area contributed by atoms with Gasteiger partial charge in [0.25, 0.3) is 5.91 Å². The number of hydrogen-bond donors (Lipinski definition) is 2. The van der Waals surface area contributed by atoms with Crippen LogP contribution in [0.3, 0.4) is 0 Å². The van der Waals surface area contributed by atoms with E-state index in [0.717, 1.165) is 0 Å². The fraction of sp³-hybridized carbons (Fsp3) is 0.0588. The molecule has 0 aliphatic carbocycles. The lowest BCUT2D eigenvalue weighted by molar-refractivity contribution is 0.102. The number of phenols is 1. The van der Waals surface area contributed by atoms with Gasteiger partial charge in [0.05, 0.1) is 26.9 Å². The van der Waals surface area contributed by atoms with Crippen molar-refractivity contribution in [1.29, 1.82) is 0 Å². The summed E-state index contributed by atoms with van der Waals surface area (Å²) in [4.78, 5) is 12.8. The van der Waals surface area contributed by atoms with Crippen LogP contribution in [0, 0.1) is 0 Å². The van der Waals surface area contributed by atoms with Crippen molar-refractivity contribution in [1.82, 2.24) is 9.78 Å². The van der Waals surface area contributed by atoms with Crippen molar-refractivity contribution < 1.29 is 14.3 Å². The lowest BCUT2D eigenvalue weighted by atomic mass is 10.0. The Morgan fingerprint density at radius 3 is 2.72 bits per heavy atom. The molecule has 0 spiro atoms. The van der Waals surface area contributed by atoms with Gasteiger partial charge in [-0.3, -0.25) is 9.48 Å². The van der Waals surface area contributed by atoms with E-state index in [1.165, 1.54) is 6.07 Å². The molecule has 2 N–H and O–H groups in total. The fourth-order valence-electron chi connectivity index (χ4n) is 2.71. The zero-order valence-electron chi connectivity index (χ0n) is 12.9. The number of aromatic nitrogens is 2. The lowest BCUT2D eigenvalue weighted by Gasteiger charge is -2.07. The molecule has 6 nitrogen and oxygen atoms in total. The Balaban J connectivity index is 1.77. The molecule has 126 valence electrons. The maximum atomic E-state index is 12.8. The Labute approximate surface area is 151 Å². The molecule has 1 amide bonds. The van der Waals surface area contributed by atoms with Crippen molar-refractivity contribution in [3.63, 3.8) is 0 Å². The van der Waals surface area contributed by atoms with Crippen LogP contribution in [0.4, 0.5) is 5.69 Å². The van der Waals surface area contributed by atoms with E-state index in [1.54, 1.807) is 42.2 Å². The molecule has 3 aromatic heterocycles. The van der Waals surface area contributed by atoms with Gasteiger partial charge in [-0.05, 0) is 24.3 Å². The molecule has 2 bridgehead atoms. The van der Waals surface area contributed by atoms with Crippen LogP contribution in [0.15, 0.2) is 40.9 Å². The lowest BCUT2D eigenvalue weighted by Crippen LogP contribution is -2.13. The normalized spacial score (nSPS) is 11.3. The van der Waals surface area contributed by atoms with Crippen LogP contribution < -0.4 is 5.32 Å². The number of aromatic hydroxyl groups is 1. The molecule has 4 aromatic rings. The first-order chi connectivity index (χ1) is 11.9. The van der Waals surface area contributed by atoms with Crippen molar-refractivity contribution in [3.05, 3.63) is 52.1 Å². The molecule has 4 rings (SSSR count). The number of benzene rings is 2. The van der Waals surface area contributed by atoms with Crippen LogP contribution in [0.5, 0.6) is 5.75 Å². The highest BCUT2D eigenvalue weighted by Crippen LogP contribution is 2.42. The summed E-state index contributed by atoms with van der Waals surface area (Å²) < 4.78 is 7.14. The highest BCUT2D eigenvalue weighted by atomic mass is 35.5. The zero-order chi connectivity index (χ0) is 17.7. The van der Waals surface area contributed by atoms with E-state index < -0.39 is 5.91 Å². The van der Waals surface area contributed by atoms with Gasteiger partial charge in [0.2, 0.25) is 0 Å². The Hall–Kier alpha value is -2.70. The van der Waals surface area contributed by atoms with Crippen molar-refractivity contribution >= 4 is 46.0 Å². The number of nitrogens with one attached hydrogen (secondary N) is 1. The minimum atomic E-state index is -0.396. The largest absolute Gasteiger partial charge is 0.504 e. The molecule has 0 saturated heterocycles. The molecule has 0 aliphatic heterocycles. The predicted octanol–water partition coefficient (Wildman–Crippen LogP) is 4.54. The molecule has 0 saturated carbocycles. The van der Waals surface area contributed by atoms with Crippen LogP contribution in [0.25, 0.3) is 22.4 Å². The number of phenolic OH excluding ortho intramolecular Hbond substituents is 1. The third-order valence-electron chi connectivity index (χ3n) is 3.81. The van der Waals surface area contributed by atoms with Crippen LogP contribution in [0.1, 0.15) is 10.4 Å². The third kappa shape index (κ3) is 2.59. The maximum absolute atomic E-state index is 12.8. The second-order valence-corrected chi connectivity index (χ2v) is 6.35. The van der Waals surface area contributed by atoms with Crippen molar-refractivity contribution in [2.24, 2.45) is 7.05 Å². The molecule has 0 aliphatic rings. The number of hydrogen-bond acceptors (Lipinski definition) is 4. The summed E-state index contributed by atoms with van der Waals surface area (Å²) in [5, 5.41) is 17.8. The molecular formula is C17H11Cl2N3O3. The van der Waals surface area contributed by atoms with E-state index in [1.807, 2.05) is 0 Å². The quantitative estimate of drug-likeness (QED) is 0.550. The van der Waals surface area contributed by atoms with Crippen LogP contribution in [-0.2, 0) is 7.05 Å². The van der Waals surface area contributed by atoms with E-state index in [9.17, 15) is 9.90 Å². The molecule has 0 atom stereocenters. The number of carbonyl (C=O) groups is 1. The zero-order valence-corrected chi connectivity index (χ0v) is 14.4. The average molecular weight is 376 g/mol. The van der Waals surface area contributed by atoms with Gasteiger partial charge < -0.3 is 14.8 Å². The standard InChI is InChI=1S/C17H11Cl2N3O3/c1-22-5-4-11(21-22)14-15(13-7-12(23)16(14)25-13)17(24)20-8-2-3-9(18)10(19)6-8/h2-7,23H,1H3,(H,20,24). The minimum absolute atomic E-state index is 0.0262. The summed E-state index contributed by atoms with van der Waals surface area (Å²) in [6, 6.07) is 7.95. The Morgan fingerprint density at radius 2 is 2.04 bits per heavy atom. The second kappa shape index (κ2) is 5.68. The summed E-state index contributed by atoms with van der Waals surface area (Å²) >= 11 is 11.9. The molecular weight excluding hydrogens is 365 g/mol. The molecule has 25 heavy (non-hydrogen) atoms. The highest BCUT2D eigenvalue weighted by molar-refractivity contribution is 6.42. The summed E-state index contributed by atoms with van der Waals surface area (Å²) in [5.74, 6) is -0.422. The van der Waals surface area contributed by atoms with Gasteiger partial charge in [-0.25, -0.2) is 0 Å². The van der Waals surface area contributed by atoms with Crippen molar-refractivity contribution in [2.45, 2.75) is 0 Å². The minimum Gasteiger partial charge on any atom is -0.504 e. The van der Waals surface area contributed by atoms with Crippen LogP contribution in [0.2, 0.25) is 10.0 Å². The van der Waals surface area contributed by atoms with E-state index in [2.05, 4.69) is 10.4 Å². The number of furan rings is 2. The first-order valence-corrected chi connectivity index (χ1v) is 8.04. The van der Waals surface area contributed by atoms with Gasteiger partial charge >= 0.3 is 0 Å². The van der Waals surface area contributed by atoms with E-state index >= 15 is 0 Å². The number of halogens is 2. The van der Waals surface area contributed by atoms with Gasteiger partial charge in [0.15, 0.2) is 11.3 Å². The summed E-state index contributed by atoms with van der Waals surface area (Å²) in [6.45, 7) is 0. The molecule has 1 aromatic carbocycles. The molecule has 0 radical (unpaired) electrons. The van der Waals surface area contributed by atoms with Crippen molar-refractivity contribution in [3.8, 4) is 17.0 Å². The summed E-state index contributed by atoms with van der Waals surface area (Å²) in [5.41, 5.74) is 2.30. The SMILES string of the molecule is Cn1ccc(-c2c(C(=O)Nc3ccc(Cl)c(Cl)c3)c3cc(O)c2o3)n1. The van der Waals surface area contributed by atoms with Crippen molar-refractivity contribution in [2.75, 3.05) is 5.32 Å². The number of amides is 1. The molecule has 0 unspecified atom stereocenters. The second-order valence-electron chi connectivity index (χ2n) is 5.53. The Bertz CT molecular complexity index is 1100. The number of nitrogens with zero attached hydrogens (tertiary/aromatic N) is 2.